The summed E-state index contributed by atoms with van der Waals surface area (Å²) in [5.41, 5.74) is 1.28. The molecule has 0 saturated carbocycles. The molecule has 102 valence electrons. The fraction of sp³-hybridized carbons (Fsp3) is 0.462. The van der Waals surface area contributed by atoms with Gasteiger partial charge in [-0.2, -0.15) is 4.68 Å². The monoisotopic (exact) mass is 280 g/mol. The molecule has 6 heteroatoms. The lowest BCUT2D eigenvalue weighted by Gasteiger charge is -2.04. The van der Waals surface area contributed by atoms with Gasteiger partial charge in [0.25, 0.3) is 0 Å². The molecule has 0 bridgehead atoms. The molecule has 0 saturated heterocycles. The third kappa shape index (κ3) is 3.44. The van der Waals surface area contributed by atoms with E-state index in [1.165, 1.54) is 17.5 Å². The Morgan fingerprint density at radius 3 is 3.00 bits per heavy atom. The Bertz CT molecular complexity index is 567. The van der Waals surface area contributed by atoms with E-state index in [9.17, 15) is 4.79 Å². The fourth-order valence-electron chi connectivity index (χ4n) is 1.87. The van der Waals surface area contributed by atoms with Crippen molar-refractivity contribution in [2.24, 2.45) is 0 Å². The maximum Gasteiger partial charge on any atom is 0.344 e. The lowest BCUT2D eigenvalue weighted by molar-refractivity contribution is 0.239. The normalized spacial score (nSPS) is 10.8. The lowest BCUT2D eigenvalue weighted by atomic mass is 10.2. The molecular formula is C13H17ClN4O. The van der Waals surface area contributed by atoms with E-state index >= 15 is 0 Å². The molecule has 0 spiro atoms. The number of rotatable bonds is 5. The zero-order chi connectivity index (χ0) is 13.7. The highest BCUT2D eigenvalue weighted by molar-refractivity contribution is 6.31. The van der Waals surface area contributed by atoms with Crippen LogP contribution in [0.4, 0.5) is 4.79 Å². The van der Waals surface area contributed by atoms with Gasteiger partial charge in [0.05, 0.1) is 5.52 Å². The van der Waals surface area contributed by atoms with Gasteiger partial charge in [-0.05, 0) is 24.6 Å². The topological polar surface area (TPSA) is 59.8 Å². The van der Waals surface area contributed by atoms with Crippen LogP contribution in [0, 0.1) is 0 Å². The quantitative estimate of drug-likeness (QED) is 0.856. The van der Waals surface area contributed by atoms with E-state index in [0.717, 1.165) is 12.8 Å². The van der Waals surface area contributed by atoms with Gasteiger partial charge in [-0.25, -0.2) is 4.79 Å². The highest BCUT2D eigenvalue weighted by Crippen LogP contribution is 2.16. The Morgan fingerprint density at radius 1 is 1.37 bits per heavy atom. The van der Waals surface area contributed by atoms with Gasteiger partial charge in [-0.3, -0.25) is 0 Å². The van der Waals surface area contributed by atoms with Crippen molar-refractivity contribution in [3.8, 4) is 0 Å². The summed E-state index contributed by atoms with van der Waals surface area (Å²) in [5.74, 6) is 0. The largest absolute Gasteiger partial charge is 0.344 e. The Kier molecular flexibility index (Phi) is 4.74. The molecule has 1 N–H and O–H groups in total. The van der Waals surface area contributed by atoms with Gasteiger partial charge in [-0.1, -0.05) is 43.0 Å². The van der Waals surface area contributed by atoms with Crippen molar-refractivity contribution in [1.82, 2.24) is 20.3 Å². The Labute approximate surface area is 116 Å². The van der Waals surface area contributed by atoms with Gasteiger partial charge < -0.3 is 5.32 Å². The fourth-order valence-corrected chi connectivity index (χ4v) is 2.04. The molecule has 2 aromatic rings. The molecule has 0 radical (unpaired) electrons. The van der Waals surface area contributed by atoms with E-state index in [1.54, 1.807) is 18.2 Å². The first-order valence-corrected chi connectivity index (χ1v) is 6.89. The van der Waals surface area contributed by atoms with E-state index < -0.39 is 0 Å². The molecule has 1 heterocycles. The van der Waals surface area contributed by atoms with Crippen LogP contribution in [-0.4, -0.2) is 27.6 Å². The number of nitrogens with one attached hydrogen (secondary N) is 1. The maximum absolute atomic E-state index is 12.0. The first-order valence-electron chi connectivity index (χ1n) is 6.51. The van der Waals surface area contributed by atoms with Gasteiger partial charge in [0.2, 0.25) is 0 Å². The van der Waals surface area contributed by atoms with Crippen LogP contribution in [-0.2, 0) is 0 Å². The predicted octanol–water partition coefficient (Wildman–Crippen LogP) is 3.22. The van der Waals surface area contributed by atoms with Gasteiger partial charge >= 0.3 is 6.03 Å². The lowest BCUT2D eigenvalue weighted by Crippen LogP contribution is -2.30. The molecule has 0 aliphatic rings. The van der Waals surface area contributed by atoms with Crippen LogP contribution < -0.4 is 5.32 Å². The molecule has 1 aromatic carbocycles. The summed E-state index contributed by atoms with van der Waals surface area (Å²) in [5, 5.41) is 11.2. The molecule has 0 aliphatic heterocycles. The number of hydrogen-bond donors (Lipinski definition) is 1. The van der Waals surface area contributed by atoms with E-state index in [2.05, 4.69) is 22.6 Å². The molecule has 0 unspecified atom stereocenters. The van der Waals surface area contributed by atoms with Crippen LogP contribution in [0.5, 0.6) is 0 Å². The molecule has 1 aromatic heterocycles. The Morgan fingerprint density at radius 2 is 2.21 bits per heavy atom. The molecular weight excluding hydrogens is 264 g/mol. The Hall–Kier alpha value is -1.62. The van der Waals surface area contributed by atoms with E-state index in [4.69, 9.17) is 11.6 Å². The van der Waals surface area contributed by atoms with Crippen LogP contribution in [0.25, 0.3) is 11.0 Å². The summed E-state index contributed by atoms with van der Waals surface area (Å²) in [6.07, 6.45) is 4.49. The van der Waals surface area contributed by atoms with Crippen molar-refractivity contribution >= 4 is 28.7 Å². The van der Waals surface area contributed by atoms with E-state index in [1.807, 2.05) is 0 Å². The number of amides is 1. The molecule has 1 amide bonds. The van der Waals surface area contributed by atoms with Gasteiger partial charge in [-0.15, -0.1) is 5.10 Å². The summed E-state index contributed by atoms with van der Waals surface area (Å²) in [7, 11) is 0. The van der Waals surface area contributed by atoms with Crippen LogP contribution >= 0.6 is 11.6 Å². The summed E-state index contributed by atoms with van der Waals surface area (Å²) < 4.78 is 1.27. The number of nitrogens with zero attached hydrogens (tertiary/aromatic N) is 3. The van der Waals surface area contributed by atoms with Crippen molar-refractivity contribution in [3.05, 3.63) is 23.2 Å². The smallest absolute Gasteiger partial charge is 0.336 e. The Balaban J connectivity index is 1.97. The highest BCUT2D eigenvalue weighted by atomic mass is 35.5. The van der Waals surface area contributed by atoms with Crippen molar-refractivity contribution in [3.63, 3.8) is 0 Å². The number of fused-ring (bicyclic) bond motifs is 1. The number of halogens is 1. The number of carbonyl (C=O) groups is 1. The second-order valence-electron chi connectivity index (χ2n) is 4.43. The molecule has 19 heavy (non-hydrogen) atoms. The van der Waals surface area contributed by atoms with Crippen molar-refractivity contribution in [2.45, 2.75) is 32.6 Å². The van der Waals surface area contributed by atoms with Gasteiger partial charge in [0.15, 0.2) is 0 Å². The highest BCUT2D eigenvalue weighted by Gasteiger charge is 2.11. The standard InChI is InChI=1S/C13H17ClN4O/c1-2-3-4-5-8-15-13(19)18-12-7-6-10(14)9-11(12)16-17-18/h6-7,9H,2-5,8H2,1H3,(H,15,19). The number of benzene rings is 1. The molecule has 2 rings (SSSR count). The SMILES string of the molecule is CCCCCCNC(=O)n1nnc2cc(Cl)ccc21. The van der Waals surface area contributed by atoms with Crippen molar-refractivity contribution in [2.75, 3.05) is 6.54 Å². The zero-order valence-corrected chi connectivity index (χ0v) is 11.7. The minimum absolute atomic E-state index is 0.249. The van der Waals surface area contributed by atoms with Gasteiger partial charge in [0.1, 0.15) is 5.52 Å². The average molecular weight is 281 g/mol. The second kappa shape index (κ2) is 6.52. The van der Waals surface area contributed by atoms with Gasteiger partial charge in [0, 0.05) is 11.6 Å². The molecule has 0 aliphatic carbocycles. The van der Waals surface area contributed by atoms with Crippen LogP contribution in [0.15, 0.2) is 18.2 Å². The first kappa shape index (κ1) is 13.8. The number of aromatic nitrogens is 3. The first-order chi connectivity index (χ1) is 9.22. The average Bonchev–Trinajstić information content (AvgIpc) is 2.81. The van der Waals surface area contributed by atoms with Crippen LogP contribution in [0.1, 0.15) is 32.6 Å². The van der Waals surface area contributed by atoms with Crippen molar-refractivity contribution < 1.29 is 4.79 Å². The maximum atomic E-state index is 12.0. The number of carbonyl (C=O) groups excluding carboxylic acids is 1. The summed E-state index contributed by atoms with van der Waals surface area (Å²) in [6.45, 7) is 2.82. The third-order valence-corrected chi connectivity index (χ3v) is 3.14. The van der Waals surface area contributed by atoms with Crippen molar-refractivity contribution in [1.29, 1.82) is 0 Å². The minimum atomic E-state index is -0.249. The van der Waals surface area contributed by atoms with Crippen LogP contribution in [0.3, 0.4) is 0 Å². The number of hydrogen-bond acceptors (Lipinski definition) is 3. The molecule has 0 atom stereocenters. The van der Waals surface area contributed by atoms with E-state index in [0.29, 0.717) is 22.6 Å². The molecule has 0 fully saturated rings. The molecule has 5 nitrogen and oxygen atoms in total. The zero-order valence-electron chi connectivity index (χ0n) is 10.9. The second-order valence-corrected chi connectivity index (χ2v) is 4.86. The number of unbranched alkanes of at least 4 members (excludes halogenated alkanes) is 3. The summed E-state index contributed by atoms with van der Waals surface area (Å²) in [4.78, 5) is 12.0. The summed E-state index contributed by atoms with van der Waals surface area (Å²) >= 11 is 5.86. The van der Waals surface area contributed by atoms with E-state index in [-0.39, 0.29) is 6.03 Å². The summed E-state index contributed by atoms with van der Waals surface area (Å²) in [6, 6.07) is 4.91. The third-order valence-electron chi connectivity index (χ3n) is 2.91. The minimum Gasteiger partial charge on any atom is -0.336 e. The predicted molar refractivity (Wildman–Crippen MR) is 75.5 cm³/mol. The van der Waals surface area contributed by atoms with Crippen LogP contribution in [0.2, 0.25) is 5.02 Å².